The van der Waals surface area contributed by atoms with Crippen LogP contribution >= 0.6 is 0 Å². The molecule has 0 atom stereocenters. The Morgan fingerprint density at radius 1 is 1.33 bits per heavy atom. The van der Waals surface area contributed by atoms with Crippen LogP contribution in [0.5, 0.6) is 0 Å². The number of hydrogen-bond donors (Lipinski definition) is 1. The molecule has 1 aromatic carbocycles. The first-order chi connectivity index (χ1) is 8.40. The van der Waals surface area contributed by atoms with Crippen LogP contribution in [0.2, 0.25) is 0 Å². The third-order valence-electron chi connectivity index (χ3n) is 2.59. The molecule has 0 spiro atoms. The largest absolute Gasteiger partial charge is 0.478 e. The van der Waals surface area contributed by atoms with E-state index in [0.717, 1.165) is 0 Å². The monoisotopic (exact) mass is 246 g/mol. The van der Waals surface area contributed by atoms with Crippen molar-refractivity contribution in [1.29, 1.82) is 0 Å². The van der Waals surface area contributed by atoms with Gasteiger partial charge in [-0.15, -0.1) is 0 Å². The molecule has 92 valence electrons. The second kappa shape index (κ2) is 4.06. The van der Waals surface area contributed by atoms with E-state index in [1.54, 1.807) is 19.9 Å². The minimum Gasteiger partial charge on any atom is -0.478 e. The second-order valence-corrected chi connectivity index (χ2v) is 4.05. The molecule has 0 fully saturated rings. The molecule has 2 aromatic rings. The predicted octanol–water partition coefficient (Wildman–Crippen LogP) is 2.46. The summed E-state index contributed by atoms with van der Waals surface area (Å²) in [6.45, 7) is 3.29. The van der Waals surface area contributed by atoms with Crippen molar-refractivity contribution < 1.29 is 14.8 Å². The molecule has 1 aromatic heterocycles. The number of nitro groups is 1. The van der Waals surface area contributed by atoms with Gasteiger partial charge in [-0.1, -0.05) is 0 Å². The Labute approximate surface area is 102 Å². The van der Waals surface area contributed by atoms with Crippen LogP contribution < -0.4 is 0 Å². The van der Waals surface area contributed by atoms with Crippen LogP contribution in [0.3, 0.4) is 0 Å². The summed E-state index contributed by atoms with van der Waals surface area (Å²) in [6, 6.07) is 4.40. The molecule has 6 nitrogen and oxygen atoms in total. The zero-order valence-corrected chi connectivity index (χ0v) is 9.80. The smallest absolute Gasteiger partial charge is 0.336 e. The van der Waals surface area contributed by atoms with Crippen LogP contribution in [-0.2, 0) is 0 Å². The molecule has 0 aliphatic rings. The average Bonchev–Trinajstić information content (AvgIpc) is 2.27. The molecule has 0 aliphatic carbocycles. The van der Waals surface area contributed by atoms with Gasteiger partial charge in [-0.2, -0.15) is 0 Å². The van der Waals surface area contributed by atoms with Gasteiger partial charge in [-0.05, 0) is 31.5 Å². The molecular formula is C12H10N2O4. The fraction of sp³-hybridized carbons (Fsp3) is 0.167. The maximum Gasteiger partial charge on any atom is 0.336 e. The minimum absolute atomic E-state index is 0.0318. The summed E-state index contributed by atoms with van der Waals surface area (Å²) in [5, 5.41) is 20.4. The molecule has 6 heteroatoms. The van der Waals surface area contributed by atoms with Crippen LogP contribution in [0, 0.1) is 24.0 Å². The number of rotatable bonds is 2. The highest BCUT2D eigenvalue weighted by Gasteiger charge is 2.19. The van der Waals surface area contributed by atoms with E-state index in [2.05, 4.69) is 4.98 Å². The van der Waals surface area contributed by atoms with Crippen molar-refractivity contribution in [2.75, 3.05) is 0 Å². The Morgan fingerprint density at radius 2 is 2.00 bits per heavy atom. The van der Waals surface area contributed by atoms with E-state index in [1.165, 1.54) is 12.1 Å². The van der Waals surface area contributed by atoms with Crippen molar-refractivity contribution in [2.45, 2.75) is 13.8 Å². The number of carbonyl (C=O) groups is 1. The molecular weight excluding hydrogens is 236 g/mol. The first-order valence-corrected chi connectivity index (χ1v) is 5.20. The minimum atomic E-state index is -1.12. The number of pyridine rings is 1. The molecule has 0 radical (unpaired) electrons. The van der Waals surface area contributed by atoms with Gasteiger partial charge in [0.05, 0.1) is 10.5 Å². The van der Waals surface area contributed by atoms with Crippen molar-refractivity contribution in [3.05, 3.63) is 45.1 Å². The molecule has 2 rings (SSSR count). The maximum atomic E-state index is 11.2. The number of aromatic nitrogens is 1. The number of carboxylic acids is 1. The van der Waals surface area contributed by atoms with Crippen LogP contribution in [0.15, 0.2) is 18.2 Å². The van der Waals surface area contributed by atoms with Crippen LogP contribution in [0.4, 0.5) is 5.69 Å². The highest BCUT2D eigenvalue weighted by molar-refractivity contribution is 6.05. The lowest BCUT2D eigenvalue weighted by molar-refractivity contribution is -0.383. The molecule has 18 heavy (non-hydrogen) atoms. The first-order valence-electron chi connectivity index (χ1n) is 5.20. The van der Waals surface area contributed by atoms with Crippen LogP contribution in [0.25, 0.3) is 10.9 Å². The molecule has 0 aliphatic heterocycles. The number of aromatic carboxylic acids is 1. The number of nitrogens with zero attached hydrogens (tertiary/aromatic N) is 2. The molecule has 0 saturated heterocycles. The number of hydrogen-bond acceptors (Lipinski definition) is 4. The second-order valence-electron chi connectivity index (χ2n) is 4.05. The number of benzene rings is 1. The Morgan fingerprint density at radius 3 is 2.56 bits per heavy atom. The summed E-state index contributed by atoms with van der Waals surface area (Å²) in [6.07, 6.45) is 0. The molecule has 0 amide bonds. The Bertz CT molecular complexity index is 620. The number of fused-ring (bicyclic) bond motifs is 1. The number of nitro benzene ring substituents is 1. The van der Waals surface area contributed by atoms with Crippen molar-refractivity contribution in [1.82, 2.24) is 4.98 Å². The Hall–Kier alpha value is -2.50. The topological polar surface area (TPSA) is 93.3 Å². The van der Waals surface area contributed by atoms with Crippen molar-refractivity contribution >= 4 is 22.6 Å². The lowest BCUT2D eigenvalue weighted by Gasteiger charge is -2.06. The summed E-state index contributed by atoms with van der Waals surface area (Å²) in [5.74, 6) is -1.12. The highest BCUT2D eigenvalue weighted by Crippen LogP contribution is 2.28. The molecule has 1 heterocycles. The van der Waals surface area contributed by atoms with Gasteiger partial charge in [0.15, 0.2) is 0 Å². The summed E-state index contributed by atoms with van der Waals surface area (Å²) >= 11 is 0. The van der Waals surface area contributed by atoms with Gasteiger partial charge in [-0.3, -0.25) is 10.1 Å². The van der Waals surface area contributed by atoms with E-state index in [4.69, 9.17) is 5.11 Å². The lowest BCUT2D eigenvalue weighted by atomic mass is 10.0. The van der Waals surface area contributed by atoms with Crippen molar-refractivity contribution in [3.8, 4) is 0 Å². The summed E-state index contributed by atoms with van der Waals surface area (Å²) in [7, 11) is 0. The van der Waals surface area contributed by atoms with Crippen LogP contribution in [0.1, 0.15) is 21.6 Å². The third-order valence-corrected chi connectivity index (χ3v) is 2.59. The fourth-order valence-corrected chi connectivity index (χ4v) is 1.89. The SMILES string of the molecule is Cc1cc([N+](=O)[O-])c2nc(C)cc(C(=O)O)c2c1. The van der Waals surface area contributed by atoms with Crippen LogP contribution in [-0.4, -0.2) is 21.0 Å². The van der Waals surface area contributed by atoms with Gasteiger partial charge < -0.3 is 5.11 Å². The maximum absolute atomic E-state index is 11.2. The number of aryl methyl sites for hydroxylation is 2. The van der Waals surface area contributed by atoms with E-state index in [9.17, 15) is 14.9 Å². The number of non-ortho nitro benzene ring substituents is 1. The Balaban J connectivity index is 2.98. The van der Waals surface area contributed by atoms with Gasteiger partial charge >= 0.3 is 5.97 Å². The summed E-state index contributed by atoms with van der Waals surface area (Å²) in [5.41, 5.74) is 1.04. The molecule has 0 unspecified atom stereocenters. The standard InChI is InChI=1S/C12H10N2O4/c1-6-3-8-9(12(15)16)5-7(2)13-11(8)10(4-6)14(17)18/h3-5H,1-2H3,(H,15,16). The van der Waals surface area contributed by atoms with Gasteiger partial charge in [-0.25, -0.2) is 9.78 Å². The van der Waals surface area contributed by atoms with E-state index < -0.39 is 10.9 Å². The number of carboxylic acid groups (broad SMARTS) is 1. The predicted molar refractivity (Wildman–Crippen MR) is 64.8 cm³/mol. The normalized spacial score (nSPS) is 10.6. The van der Waals surface area contributed by atoms with Crippen molar-refractivity contribution in [3.63, 3.8) is 0 Å². The zero-order valence-electron chi connectivity index (χ0n) is 9.80. The van der Waals surface area contributed by atoms with Gasteiger partial charge in [0, 0.05) is 17.1 Å². The molecule has 0 saturated carbocycles. The van der Waals surface area contributed by atoms with Crippen molar-refractivity contribution in [2.24, 2.45) is 0 Å². The zero-order chi connectivity index (χ0) is 13.4. The third kappa shape index (κ3) is 1.88. The lowest BCUT2D eigenvalue weighted by Crippen LogP contribution is -2.02. The van der Waals surface area contributed by atoms with Gasteiger partial charge in [0.1, 0.15) is 5.52 Å². The Kier molecular flexibility index (Phi) is 2.70. The van der Waals surface area contributed by atoms with E-state index in [1.807, 2.05) is 0 Å². The van der Waals surface area contributed by atoms with E-state index in [0.29, 0.717) is 16.6 Å². The molecule has 0 bridgehead atoms. The van der Waals surface area contributed by atoms with Gasteiger partial charge in [0.25, 0.3) is 5.69 Å². The fourth-order valence-electron chi connectivity index (χ4n) is 1.89. The summed E-state index contributed by atoms with van der Waals surface area (Å²) < 4.78 is 0. The molecule has 1 N–H and O–H groups in total. The van der Waals surface area contributed by atoms with Gasteiger partial charge in [0.2, 0.25) is 0 Å². The van der Waals surface area contributed by atoms with E-state index in [-0.39, 0.29) is 16.8 Å². The first kappa shape index (κ1) is 12.0. The summed E-state index contributed by atoms with van der Waals surface area (Å²) in [4.78, 5) is 25.7. The highest BCUT2D eigenvalue weighted by atomic mass is 16.6. The quantitative estimate of drug-likeness (QED) is 0.648. The van der Waals surface area contributed by atoms with E-state index >= 15 is 0 Å². The average molecular weight is 246 g/mol.